The van der Waals surface area contributed by atoms with E-state index in [9.17, 15) is 9.50 Å². The van der Waals surface area contributed by atoms with Crippen molar-refractivity contribution in [1.29, 1.82) is 0 Å². The summed E-state index contributed by atoms with van der Waals surface area (Å²) in [7, 11) is 0. The summed E-state index contributed by atoms with van der Waals surface area (Å²) < 4.78 is 13.9. The molecule has 0 aliphatic rings. The van der Waals surface area contributed by atoms with Gasteiger partial charge in [0.2, 0.25) is 0 Å². The molecule has 0 aliphatic carbocycles. The predicted molar refractivity (Wildman–Crippen MR) is 54.1 cm³/mol. The van der Waals surface area contributed by atoms with Gasteiger partial charge in [-0.15, -0.1) is 0 Å². The van der Waals surface area contributed by atoms with Crippen LogP contribution in [0.3, 0.4) is 0 Å². The first-order valence-corrected chi connectivity index (χ1v) is 4.99. The minimum atomic E-state index is -0.593. The highest BCUT2D eigenvalue weighted by atomic mass is 79.9. The Hall–Kier alpha value is -0.410. The molecule has 72 valence electrons. The summed E-state index contributed by atoms with van der Waals surface area (Å²) in [5.41, 5.74) is 1.20. The molecule has 0 radical (unpaired) electrons. The highest BCUT2D eigenvalue weighted by Gasteiger charge is 2.11. The van der Waals surface area contributed by atoms with E-state index in [2.05, 4.69) is 15.9 Å². The Labute approximate surface area is 85.7 Å². The van der Waals surface area contributed by atoms with Gasteiger partial charge in [0.1, 0.15) is 5.82 Å². The van der Waals surface area contributed by atoms with E-state index >= 15 is 0 Å². The minimum Gasteiger partial charge on any atom is -0.388 e. The topological polar surface area (TPSA) is 20.2 Å². The number of hydrogen-bond donors (Lipinski definition) is 1. The van der Waals surface area contributed by atoms with Gasteiger partial charge in [-0.25, -0.2) is 4.39 Å². The predicted octanol–water partition coefficient (Wildman–Crippen LogP) is 3.34. The molecule has 1 rings (SSSR count). The van der Waals surface area contributed by atoms with Crippen molar-refractivity contribution in [2.24, 2.45) is 0 Å². The van der Waals surface area contributed by atoms with E-state index in [1.54, 1.807) is 13.0 Å². The van der Waals surface area contributed by atoms with Crippen LogP contribution in [-0.2, 0) is 0 Å². The molecule has 0 unspecified atom stereocenters. The van der Waals surface area contributed by atoms with Crippen LogP contribution in [0.2, 0.25) is 0 Å². The van der Waals surface area contributed by atoms with E-state index in [0.717, 1.165) is 4.47 Å². The Balaban J connectivity index is 3.15. The van der Waals surface area contributed by atoms with Crippen molar-refractivity contribution in [3.63, 3.8) is 0 Å². The molecule has 3 heteroatoms. The zero-order chi connectivity index (χ0) is 10.0. The smallest absolute Gasteiger partial charge is 0.126 e. The minimum absolute atomic E-state index is 0.272. The van der Waals surface area contributed by atoms with Gasteiger partial charge in [-0.3, -0.25) is 0 Å². The highest BCUT2D eigenvalue weighted by Crippen LogP contribution is 2.27. The van der Waals surface area contributed by atoms with Crippen LogP contribution >= 0.6 is 15.9 Å². The van der Waals surface area contributed by atoms with Crippen LogP contribution in [0.4, 0.5) is 4.39 Å². The van der Waals surface area contributed by atoms with Crippen LogP contribution < -0.4 is 0 Å². The summed E-state index contributed by atoms with van der Waals surface area (Å²) in [5, 5.41) is 9.53. The molecule has 0 spiro atoms. The Morgan fingerprint density at radius 1 is 1.54 bits per heavy atom. The fraction of sp³-hybridized carbons (Fsp3) is 0.400. The quantitative estimate of drug-likeness (QED) is 0.849. The van der Waals surface area contributed by atoms with Crippen molar-refractivity contribution in [3.05, 3.63) is 33.5 Å². The van der Waals surface area contributed by atoms with E-state index < -0.39 is 6.10 Å². The molecular weight excluding hydrogens is 235 g/mol. The van der Waals surface area contributed by atoms with E-state index in [1.807, 2.05) is 6.92 Å². The first-order valence-electron chi connectivity index (χ1n) is 4.19. The van der Waals surface area contributed by atoms with Crippen molar-refractivity contribution < 1.29 is 9.50 Å². The van der Waals surface area contributed by atoms with E-state index in [-0.39, 0.29) is 5.82 Å². The monoisotopic (exact) mass is 246 g/mol. The lowest BCUT2D eigenvalue weighted by Gasteiger charge is -2.11. The third-order valence-electron chi connectivity index (χ3n) is 2.02. The summed E-state index contributed by atoms with van der Waals surface area (Å²) in [6.07, 6.45) is -0.00865. The molecule has 1 nitrogen and oxygen atoms in total. The maximum Gasteiger partial charge on any atom is 0.126 e. The number of aliphatic hydroxyl groups is 1. The van der Waals surface area contributed by atoms with Crippen LogP contribution in [0.25, 0.3) is 0 Å². The number of halogens is 2. The first kappa shape index (κ1) is 10.7. The second-order valence-electron chi connectivity index (χ2n) is 3.05. The second-order valence-corrected chi connectivity index (χ2v) is 3.90. The molecule has 1 aromatic rings. The van der Waals surface area contributed by atoms with Crippen molar-refractivity contribution in [2.45, 2.75) is 26.4 Å². The zero-order valence-electron chi connectivity index (χ0n) is 7.64. The van der Waals surface area contributed by atoms with Gasteiger partial charge >= 0.3 is 0 Å². The third kappa shape index (κ3) is 2.29. The number of aryl methyl sites for hydroxylation is 1. The van der Waals surface area contributed by atoms with Crippen molar-refractivity contribution in [1.82, 2.24) is 0 Å². The number of aliphatic hydroxyl groups excluding tert-OH is 1. The first-order chi connectivity index (χ1) is 6.06. The number of benzene rings is 1. The molecule has 1 atom stereocenters. The summed E-state index contributed by atoms with van der Waals surface area (Å²) in [6, 6.07) is 3.07. The normalized spacial score (nSPS) is 13.0. The summed E-state index contributed by atoms with van der Waals surface area (Å²) in [5.74, 6) is -0.272. The summed E-state index contributed by atoms with van der Waals surface area (Å²) in [4.78, 5) is 0. The maximum absolute atomic E-state index is 13.1. The average molecular weight is 247 g/mol. The Morgan fingerprint density at radius 3 is 2.69 bits per heavy atom. The molecule has 1 aromatic carbocycles. The second kappa shape index (κ2) is 4.20. The van der Waals surface area contributed by atoms with Crippen LogP contribution in [0.1, 0.15) is 30.6 Å². The Morgan fingerprint density at radius 2 is 2.15 bits per heavy atom. The van der Waals surface area contributed by atoms with E-state index in [4.69, 9.17) is 0 Å². The molecule has 0 fully saturated rings. The molecule has 0 amide bonds. The fourth-order valence-electron chi connectivity index (χ4n) is 1.14. The fourth-order valence-corrected chi connectivity index (χ4v) is 1.86. The van der Waals surface area contributed by atoms with Gasteiger partial charge in [-0.05, 0) is 36.6 Å². The molecular formula is C10H12BrFO. The van der Waals surface area contributed by atoms with Crippen molar-refractivity contribution in [2.75, 3.05) is 0 Å². The highest BCUT2D eigenvalue weighted by molar-refractivity contribution is 9.10. The van der Waals surface area contributed by atoms with E-state index in [1.165, 1.54) is 6.07 Å². The van der Waals surface area contributed by atoms with Crippen LogP contribution in [0.15, 0.2) is 16.6 Å². The maximum atomic E-state index is 13.1. The molecule has 0 bridgehead atoms. The van der Waals surface area contributed by atoms with Crippen LogP contribution in [-0.4, -0.2) is 5.11 Å². The molecule has 0 aliphatic heterocycles. The van der Waals surface area contributed by atoms with Gasteiger partial charge < -0.3 is 5.11 Å². The lowest BCUT2D eigenvalue weighted by Crippen LogP contribution is -1.98. The van der Waals surface area contributed by atoms with Crippen molar-refractivity contribution >= 4 is 15.9 Å². The lowest BCUT2D eigenvalue weighted by molar-refractivity contribution is 0.172. The van der Waals surface area contributed by atoms with Gasteiger partial charge in [0.05, 0.1) is 6.10 Å². The molecule has 0 aromatic heterocycles. The Bertz CT molecular complexity index is 312. The zero-order valence-corrected chi connectivity index (χ0v) is 9.23. The van der Waals surface area contributed by atoms with Crippen molar-refractivity contribution in [3.8, 4) is 0 Å². The number of hydrogen-bond acceptors (Lipinski definition) is 1. The summed E-state index contributed by atoms with van der Waals surface area (Å²) >= 11 is 3.30. The molecule has 0 saturated heterocycles. The molecule has 13 heavy (non-hydrogen) atoms. The van der Waals surface area contributed by atoms with Crippen LogP contribution in [0, 0.1) is 12.7 Å². The standard InChI is InChI=1S/C10H12BrFO/c1-3-10(13)7-5-9(12)6(2)4-8(7)11/h4-5,10,13H,3H2,1-2H3/t10-/m1/s1. The molecule has 1 N–H and O–H groups in total. The van der Waals surface area contributed by atoms with E-state index in [0.29, 0.717) is 17.5 Å². The van der Waals surface area contributed by atoms with Gasteiger partial charge in [0, 0.05) is 4.47 Å². The van der Waals surface area contributed by atoms with Gasteiger partial charge in [0.15, 0.2) is 0 Å². The largest absolute Gasteiger partial charge is 0.388 e. The Kier molecular flexibility index (Phi) is 3.45. The van der Waals surface area contributed by atoms with Gasteiger partial charge in [0.25, 0.3) is 0 Å². The van der Waals surface area contributed by atoms with Gasteiger partial charge in [-0.1, -0.05) is 22.9 Å². The molecule has 0 heterocycles. The van der Waals surface area contributed by atoms with Gasteiger partial charge in [-0.2, -0.15) is 0 Å². The lowest BCUT2D eigenvalue weighted by atomic mass is 10.1. The summed E-state index contributed by atoms with van der Waals surface area (Å²) in [6.45, 7) is 3.55. The molecule has 0 saturated carbocycles. The SMILES string of the molecule is CC[C@@H](O)c1cc(F)c(C)cc1Br. The third-order valence-corrected chi connectivity index (χ3v) is 2.71. The average Bonchev–Trinajstić information content (AvgIpc) is 2.10. The number of rotatable bonds is 2. The van der Waals surface area contributed by atoms with Crippen LogP contribution in [0.5, 0.6) is 0 Å².